The van der Waals surface area contributed by atoms with Crippen molar-refractivity contribution >= 4 is 17.7 Å². The number of rotatable bonds is 7. The number of nitrogens with one attached hydrogen (secondary N) is 1. The number of hydrogen-bond acceptors (Lipinski definition) is 6. The maximum Gasteiger partial charge on any atom is 0.405 e. The largest absolute Gasteiger partial charge is 0.495 e. The van der Waals surface area contributed by atoms with Gasteiger partial charge in [-0.2, -0.15) is 5.26 Å². The average molecular weight is 369 g/mol. The van der Waals surface area contributed by atoms with E-state index in [2.05, 4.69) is 5.32 Å². The molecule has 0 aliphatic rings. The second kappa shape index (κ2) is 9.10. The minimum atomic E-state index is -1.00. The lowest BCUT2D eigenvalue weighted by molar-refractivity contribution is -0.124. The van der Waals surface area contributed by atoms with E-state index in [-0.39, 0.29) is 0 Å². The standard InChI is InChI=1S/C19H19N3O5/c1-3-16(27-19(21)24)18(23)22-13-5-8-14(9-6-13)26-15-7-4-12(11-20)17(10-15)25-2/h4-10,16H,3H2,1-2H3,(H2,21,24)(H,22,23). The van der Waals surface area contributed by atoms with Gasteiger partial charge in [0.05, 0.1) is 12.7 Å². The van der Waals surface area contributed by atoms with E-state index in [0.29, 0.717) is 34.9 Å². The third kappa shape index (κ3) is 5.37. The van der Waals surface area contributed by atoms with Gasteiger partial charge in [-0.25, -0.2) is 4.79 Å². The predicted octanol–water partition coefficient (Wildman–Crippen LogP) is 3.17. The molecule has 8 nitrogen and oxygen atoms in total. The van der Waals surface area contributed by atoms with Gasteiger partial charge in [-0.15, -0.1) is 0 Å². The van der Waals surface area contributed by atoms with E-state index < -0.39 is 18.1 Å². The van der Waals surface area contributed by atoms with Gasteiger partial charge in [0.2, 0.25) is 0 Å². The number of nitriles is 1. The molecule has 2 aromatic rings. The van der Waals surface area contributed by atoms with Crippen LogP contribution >= 0.6 is 0 Å². The maximum atomic E-state index is 12.1. The Kier molecular flexibility index (Phi) is 6.61. The van der Waals surface area contributed by atoms with E-state index in [1.807, 2.05) is 6.07 Å². The van der Waals surface area contributed by atoms with Crippen molar-refractivity contribution in [2.24, 2.45) is 5.73 Å². The number of amides is 2. The number of primary amides is 1. The fraction of sp³-hybridized carbons (Fsp3) is 0.211. The van der Waals surface area contributed by atoms with E-state index in [1.54, 1.807) is 49.4 Å². The Labute approximate surface area is 156 Å². The Bertz CT molecular complexity index is 859. The fourth-order valence-electron chi connectivity index (χ4n) is 2.26. The molecule has 2 aromatic carbocycles. The molecule has 0 fully saturated rings. The Morgan fingerprint density at radius 1 is 1.19 bits per heavy atom. The summed E-state index contributed by atoms with van der Waals surface area (Å²) in [5, 5.41) is 11.6. The molecule has 1 atom stereocenters. The molecule has 0 radical (unpaired) electrons. The van der Waals surface area contributed by atoms with Crippen LogP contribution in [0, 0.1) is 11.3 Å². The van der Waals surface area contributed by atoms with E-state index in [1.165, 1.54) is 7.11 Å². The highest BCUT2D eigenvalue weighted by Gasteiger charge is 2.19. The van der Waals surface area contributed by atoms with Crippen LogP contribution in [0.3, 0.4) is 0 Å². The van der Waals surface area contributed by atoms with Gasteiger partial charge in [0.25, 0.3) is 5.91 Å². The van der Waals surface area contributed by atoms with Crippen LogP contribution in [0.2, 0.25) is 0 Å². The van der Waals surface area contributed by atoms with E-state index >= 15 is 0 Å². The third-order valence-electron chi connectivity index (χ3n) is 3.57. The molecule has 0 aromatic heterocycles. The van der Waals surface area contributed by atoms with E-state index in [4.69, 9.17) is 25.2 Å². The number of ether oxygens (including phenoxy) is 3. The monoisotopic (exact) mass is 369 g/mol. The van der Waals surface area contributed by atoms with Crippen LogP contribution in [-0.2, 0) is 9.53 Å². The van der Waals surface area contributed by atoms with Gasteiger partial charge in [0.1, 0.15) is 23.3 Å². The number of nitrogens with two attached hydrogens (primary N) is 1. The molecule has 1 unspecified atom stereocenters. The van der Waals surface area contributed by atoms with Gasteiger partial charge in [-0.3, -0.25) is 4.79 Å². The zero-order valence-corrected chi connectivity index (χ0v) is 14.9. The van der Waals surface area contributed by atoms with Crippen molar-refractivity contribution in [3.63, 3.8) is 0 Å². The summed E-state index contributed by atoms with van der Waals surface area (Å²) in [6.07, 6.45) is -1.65. The van der Waals surface area contributed by atoms with Crippen molar-refractivity contribution in [1.82, 2.24) is 0 Å². The summed E-state index contributed by atoms with van der Waals surface area (Å²) >= 11 is 0. The first-order valence-corrected chi connectivity index (χ1v) is 8.09. The summed E-state index contributed by atoms with van der Waals surface area (Å²) in [5.41, 5.74) is 5.87. The Morgan fingerprint density at radius 3 is 2.41 bits per heavy atom. The molecular formula is C19H19N3O5. The smallest absolute Gasteiger partial charge is 0.405 e. The highest BCUT2D eigenvalue weighted by molar-refractivity contribution is 5.95. The van der Waals surface area contributed by atoms with Crippen LogP contribution in [0.15, 0.2) is 42.5 Å². The summed E-state index contributed by atoms with van der Waals surface area (Å²) in [4.78, 5) is 22.9. The number of nitrogens with zero attached hydrogens (tertiary/aromatic N) is 1. The molecular weight excluding hydrogens is 350 g/mol. The summed E-state index contributed by atoms with van der Waals surface area (Å²) < 4.78 is 15.6. The highest BCUT2D eigenvalue weighted by Crippen LogP contribution is 2.28. The molecule has 2 rings (SSSR count). The average Bonchev–Trinajstić information content (AvgIpc) is 2.67. The zero-order chi connectivity index (χ0) is 19.8. The van der Waals surface area contributed by atoms with Crippen molar-refractivity contribution in [1.29, 1.82) is 5.26 Å². The minimum Gasteiger partial charge on any atom is -0.495 e. The predicted molar refractivity (Wildman–Crippen MR) is 97.6 cm³/mol. The third-order valence-corrected chi connectivity index (χ3v) is 3.57. The topological polar surface area (TPSA) is 124 Å². The van der Waals surface area contributed by atoms with Crippen LogP contribution in [0.5, 0.6) is 17.2 Å². The molecule has 2 amide bonds. The first-order chi connectivity index (χ1) is 13.0. The lowest BCUT2D eigenvalue weighted by Crippen LogP contribution is -2.33. The number of benzene rings is 2. The lowest BCUT2D eigenvalue weighted by atomic mass is 10.2. The Balaban J connectivity index is 2.04. The van der Waals surface area contributed by atoms with E-state index in [9.17, 15) is 9.59 Å². The van der Waals surface area contributed by atoms with Crippen LogP contribution in [0.25, 0.3) is 0 Å². The van der Waals surface area contributed by atoms with Crippen LogP contribution < -0.4 is 20.5 Å². The summed E-state index contributed by atoms with van der Waals surface area (Å²) in [7, 11) is 1.48. The van der Waals surface area contributed by atoms with Gasteiger partial charge in [-0.05, 0) is 42.8 Å². The van der Waals surface area contributed by atoms with E-state index in [0.717, 1.165) is 0 Å². The van der Waals surface area contributed by atoms with Gasteiger partial charge in [-0.1, -0.05) is 6.92 Å². The summed E-state index contributed by atoms with van der Waals surface area (Å²) in [5.74, 6) is 0.976. The van der Waals surface area contributed by atoms with Crippen molar-refractivity contribution < 1.29 is 23.8 Å². The molecule has 3 N–H and O–H groups in total. The Hall–Kier alpha value is -3.73. The van der Waals surface area contributed by atoms with Gasteiger partial charge in [0.15, 0.2) is 6.10 Å². The molecule has 140 valence electrons. The number of carbonyl (C=O) groups is 2. The molecule has 0 saturated heterocycles. The number of carbonyl (C=O) groups excluding carboxylic acids is 2. The van der Waals surface area contributed by atoms with Crippen LogP contribution in [0.1, 0.15) is 18.9 Å². The SMILES string of the molecule is CCC(OC(N)=O)C(=O)Nc1ccc(Oc2ccc(C#N)c(OC)c2)cc1. The zero-order valence-electron chi connectivity index (χ0n) is 14.9. The van der Waals surface area contributed by atoms with Crippen LogP contribution in [-0.4, -0.2) is 25.2 Å². The molecule has 8 heteroatoms. The summed E-state index contributed by atoms with van der Waals surface area (Å²) in [6, 6.07) is 13.5. The van der Waals surface area contributed by atoms with Crippen molar-refractivity contribution in [3.8, 4) is 23.3 Å². The van der Waals surface area contributed by atoms with Crippen LogP contribution in [0.4, 0.5) is 10.5 Å². The van der Waals surface area contributed by atoms with Crippen molar-refractivity contribution in [2.45, 2.75) is 19.4 Å². The number of anilines is 1. The molecule has 0 spiro atoms. The van der Waals surface area contributed by atoms with Crippen molar-refractivity contribution in [3.05, 3.63) is 48.0 Å². The van der Waals surface area contributed by atoms with Gasteiger partial charge >= 0.3 is 6.09 Å². The van der Waals surface area contributed by atoms with Gasteiger partial charge < -0.3 is 25.3 Å². The second-order valence-corrected chi connectivity index (χ2v) is 5.42. The first kappa shape index (κ1) is 19.6. The van der Waals surface area contributed by atoms with Crippen molar-refractivity contribution in [2.75, 3.05) is 12.4 Å². The molecule has 0 saturated carbocycles. The maximum absolute atomic E-state index is 12.1. The minimum absolute atomic E-state index is 0.302. The Morgan fingerprint density at radius 2 is 1.85 bits per heavy atom. The normalized spacial score (nSPS) is 11.0. The number of hydrogen-bond donors (Lipinski definition) is 2. The molecule has 0 bridgehead atoms. The molecule has 0 heterocycles. The highest BCUT2D eigenvalue weighted by atomic mass is 16.6. The first-order valence-electron chi connectivity index (χ1n) is 8.09. The summed E-state index contributed by atoms with van der Waals surface area (Å²) in [6.45, 7) is 1.70. The molecule has 0 aliphatic heterocycles. The van der Waals surface area contributed by atoms with Gasteiger partial charge in [0, 0.05) is 11.8 Å². The molecule has 0 aliphatic carbocycles. The lowest BCUT2D eigenvalue weighted by Gasteiger charge is -2.15. The quantitative estimate of drug-likeness (QED) is 0.772. The second-order valence-electron chi connectivity index (χ2n) is 5.42. The number of methoxy groups -OCH3 is 1. The molecule has 27 heavy (non-hydrogen) atoms. The fourth-order valence-corrected chi connectivity index (χ4v) is 2.26.